The molecule has 1 N–H and O–H groups in total. The summed E-state index contributed by atoms with van der Waals surface area (Å²) in [6.45, 7) is 3.08. The van der Waals surface area contributed by atoms with E-state index in [9.17, 15) is 0 Å². The van der Waals surface area contributed by atoms with E-state index in [1.165, 1.54) is 0 Å². The van der Waals surface area contributed by atoms with Gasteiger partial charge in [-0.3, -0.25) is 0 Å². The summed E-state index contributed by atoms with van der Waals surface area (Å²) in [5.41, 5.74) is 2.18. The molecule has 0 amide bonds. The lowest BCUT2D eigenvalue weighted by Gasteiger charge is -2.19. The lowest BCUT2D eigenvalue weighted by atomic mass is 10.0. The van der Waals surface area contributed by atoms with Crippen LogP contribution in [0.2, 0.25) is 5.02 Å². The van der Waals surface area contributed by atoms with Crippen LogP contribution in [0.25, 0.3) is 0 Å². The molecule has 1 atom stereocenters. The van der Waals surface area contributed by atoms with Crippen molar-refractivity contribution in [3.63, 3.8) is 0 Å². The topological polar surface area (TPSA) is 37.8 Å². The predicted octanol–water partition coefficient (Wildman–Crippen LogP) is 3.82. The molecule has 1 aromatic carbocycles. The van der Waals surface area contributed by atoms with Crippen LogP contribution in [0, 0.1) is 3.57 Å². The molecular weight excluding hydrogens is 373 g/mol. The highest BCUT2D eigenvalue weighted by atomic mass is 127. The second-order valence-electron chi connectivity index (χ2n) is 4.23. The van der Waals surface area contributed by atoms with E-state index in [1.807, 2.05) is 24.5 Å². The molecule has 5 heteroatoms. The van der Waals surface area contributed by atoms with Crippen molar-refractivity contribution < 1.29 is 0 Å². The molecule has 100 valence electrons. The maximum Gasteiger partial charge on any atom is 0.115 e. The van der Waals surface area contributed by atoms with Crippen LogP contribution in [-0.4, -0.2) is 16.5 Å². The Labute approximate surface area is 132 Å². The quantitative estimate of drug-likeness (QED) is 0.793. The molecule has 0 fully saturated rings. The number of aromatic nitrogens is 2. The SMILES string of the molecule is CCCNC(c1cncnc1)c1ccc(I)c(Cl)c1. The largest absolute Gasteiger partial charge is 0.306 e. The van der Waals surface area contributed by atoms with Gasteiger partial charge in [0.2, 0.25) is 0 Å². The Morgan fingerprint density at radius 3 is 2.63 bits per heavy atom. The highest BCUT2D eigenvalue weighted by Gasteiger charge is 2.14. The zero-order valence-corrected chi connectivity index (χ0v) is 13.5. The summed E-state index contributed by atoms with van der Waals surface area (Å²) in [6, 6.07) is 6.20. The molecule has 0 aliphatic heterocycles. The van der Waals surface area contributed by atoms with Crippen molar-refractivity contribution in [3.8, 4) is 0 Å². The Morgan fingerprint density at radius 2 is 2.00 bits per heavy atom. The smallest absolute Gasteiger partial charge is 0.115 e. The lowest BCUT2D eigenvalue weighted by Crippen LogP contribution is -2.23. The van der Waals surface area contributed by atoms with Crippen LogP contribution in [0.15, 0.2) is 36.9 Å². The van der Waals surface area contributed by atoms with E-state index in [-0.39, 0.29) is 6.04 Å². The lowest BCUT2D eigenvalue weighted by molar-refractivity contribution is 0.595. The first kappa shape index (κ1) is 14.7. The second-order valence-corrected chi connectivity index (χ2v) is 5.80. The van der Waals surface area contributed by atoms with Crippen LogP contribution in [0.1, 0.15) is 30.5 Å². The zero-order chi connectivity index (χ0) is 13.7. The molecule has 0 aliphatic carbocycles. The van der Waals surface area contributed by atoms with Crippen LogP contribution in [-0.2, 0) is 0 Å². The highest BCUT2D eigenvalue weighted by Crippen LogP contribution is 2.26. The summed E-state index contributed by atoms with van der Waals surface area (Å²) in [5.74, 6) is 0. The highest BCUT2D eigenvalue weighted by molar-refractivity contribution is 14.1. The fourth-order valence-electron chi connectivity index (χ4n) is 1.87. The molecular formula is C14H15ClIN3. The molecule has 0 aliphatic rings. The minimum Gasteiger partial charge on any atom is -0.306 e. The molecule has 0 spiro atoms. The second kappa shape index (κ2) is 7.17. The van der Waals surface area contributed by atoms with Crippen LogP contribution in [0.3, 0.4) is 0 Å². The molecule has 1 heterocycles. The van der Waals surface area contributed by atoms with Crippen molar-refractivity contribution in [2.24, 2.45) is 0 Å². The Bertz CT molecular complexity index is 533. The van der Waals surface area contributed by atoms with Gasteiger partial charge in [-0.05, 0) is 53.3 Å². The van der Waals surface area contributed by atoms with Gasteiger partial charge in [-0.15, -0.1) is 0 Å². The Balaban J connectivity index is 2.34. The van der Waals surface area contributed by atoms with Crippen molar-refractivity contribution in [2.45, 2.75) is 19.4 Å². The van der Waals surface area contributed by atoms with Gasteiger partial charge in [0.1, 0.15) is 6.33 Å². The molecule has 0 saturated heterocycles. The zero-order valence-electron chi connectivity index (χ0n) is 10.6. The Kier molecular flexibility index (Phi) is 5.54. The number of nitrogens with one attached hydrogen (secondary N) is 1. The van der Waals surface area contributed by atoms with Crippen molar-refractivity contribution in [1.82, 2.24) is 15.3 Å². The number of halogens is 2. The van der Waals surface area contributed by atoms with Gasteiger partial charge in [-0.25, -0.2) is 9.97 Å². The monoisotopic (exact) mass is 387 g/mol. The number of rotatable bonds is 5. The average Bonchev–Trinajstić information content (AvgIpc) is 2.44. The number of hydrogen-bond acceptors (Lipinski definition) is 3. The normalized spacial score (nSPS) is 12.4. The van der Waals surface area contributed by atoms with Crippen LogP contribution >= 0.6 is 34.2 Å². The van der Waals surface area contributed by atoms with Crippen LogP contribution in [0.4, 0.5) is 0 Å². The van der Waals surface area contributed by atoms with Crippen LogP contribution < -0.4 is 5.32 Å². The molecule has 2 aromatic rings. The third kappa shape index (κ3) is 3.87. The molecule has 0 radical (unpaired) electrons. The van der Waals surface area contributed by atoms with Crippen molar-refractivity contribution >= 4 is 34.2 Å². The summed E-state index contributed by atoms with van der Waals surface area (Å²) in [5, 5.41) is 4.28. The van der Waals surface area contributed by atoms with E-state index in [4.69, 9.17) is 11.6 Å². The minimum absolute atomic E-state index is 0.0793. The van der Waals surface area contributed by atoms with Gasteiger partial charge < -0.3 is 5.32 Å². The fourth-order valence-corrected chi connectivity index (χ4v) is 2.39. The molecule has 1 aromatic heterocycles. The number of nitrogens with zero attached hydrogens (tertiary/aromatic N) is 2. The molecule has 19 heavy (non-hydrogen) atoms. The average molecular weight is 388 g/mol. The van der Waals surface area contributed by atoms with Crippen molar-refractivity contribution in [3.05, 3.63) is 56.6 Å². The van der Waals surface area contributed by atoms with Gasteiger partial charge in [0.05, 0.1) is 11.1 Å². The van der Waals surface area contributed by atoms with E-state index >= 15 is 0 Å². The van der Waals surface area contributed by atoms with Gasteiger partial charge in [0.25, 0.3) is 0 Å². The van der Waals surface area contributed by atoms with Crippen LogP contribution in [0.5, 0.6) is 0 Å². The third-order valence-electron chi connectivity index (χ3n) is 2.79. The molecule has 0 saturated carbocycles. The summed E-state index contributed by atoms with van der Waals surface area (Å²) in [7, 11) is 0. The van der Waals surface area contributed by atoms with Gasteiger partial charge in [-0.2, -0.15) is 0 Å². The summed E-state index contributed by atoms with van der Waals surface area (Å²) >= 11 is 8.44. The van der Waals surface area contributed by atoms with E-state index in [1.54, 1.807) is 6.33 Å². The molecule has 2 rings (SSSR count). The van der Waals surface area contributed by atoms with Gasteiger partial charge >= 0.3 is 0 Å². The van der Waals surface area contributed by atoms with Gasteiger partial charge in [0.15, 0.2) is 0 Å². The Hall–Kier alpha value is -0.720. The Morgan fingerprint density at radius 1 is 1.26 bits per heavy atom. The first-order chi connectivity index (χ1) is 9.22. The minimum atomic E-state index is 0.0793. The number of hydrogen-bond donors (Lipinski definition) is 1. The standard InChI is InChI=1S/C14H15ClIN3/c1-2-5-19-14(11-7-17-9-18-8-11)10-3-4-13(16)12(15)6-10/h3-4,6-9,14,19H,2,5H2,1H3. The summed E-state index contributed by atoms with van der Waals surface area (Å²) < 4.78 is 1.06. The van der Waals surface area contributed by atoms with Crippen molar-refractivity contribution in [1.29, 1.82) is 0 Å². The van der Waals surface area contributed by atoms with Gasteiger partial charge in [0, 0.05) is 21.5 Å². The predicted molar refractivity (Wildman–Crippen MR) is 86.3 cm³/mol. The maximum absolute atomic E-state index is 6.21. The van der Waals surface area contributed by atoms with E-state index in [0.717, 1.165) is 32.7 Å². The van der Waals surface area contributed by atoms with Gasteiger partial charge in [-0.1, -0.05) is 24.6 Å². The maximum atomic E-state index is 6.21. The molecule has 3 nitrogen and oxygen atoms in total. The first-order valence-corrected chi connectivity index (χ1v) is 7.61. The van der Waals surface area contributed by atoms with E-state index in [0.29, 0.717) is 0 Å². The van der Waals surface area contributed by atoms with Crippen molar-refractivity contribution in [2.75, 3.05) is 6.54 Å². The summed E-state index contributed by atoms with van der Waals surface area (Å²) in [6.07, 6.45) is 6.29. The van der Waals surface area contributed by atoms with E-state index < -0.39 is 0 Å². The molecule has 1 unspecified atom stereocenters. The molecule has 0 bridgehead atoms. The fraction of sp³-hybridized carbons (Fsp3) is 0.286. The third-order valence-corrected chi connectivity index (χ3v) is 4.36. The summed E-state index contributed by atoms with van der Waals surface area (Å²) in [4.78, 5) is 8.19. The van der Waals surface area contributed by atoms with E-state index in [2.05, 4.69) is 50.9 Å². The first-order valence-electron chi connectivity index (χ1n) is 6.15. The number of benzene rings is 1.